The molecule has 0 saturated carbocycles. The Morgan fingerprint density at radius 2 is 1.93 bits per heavy atom. The van der Waals surface area contributed by atoms with E-state index in [1.807, 2.05) is 30.3 Å². The molecular weight excluding hydrogens is 344 g/mol. The predicted molar refractivity (Wildman–Crippen MR) is 99.9 cm³/mol. The molecule has 2 N–H and O–H groups in total. The van der Waals surface area contributed by atoms with Crippen LogP contribution in [0.15, 0.2) is 66.5 Å². The molecule has 3 aromatic rings. The van der Waals surface area contributed by atoms with Gasteiger partial charge in [-0.15, -0.1) is 0 Å². The van der Waals surface area contributed by atoms with Crippen molar-refractivity contribution in [1.29, 1.82) is 0 Å². The molecule has 136 valence electrons. The molecule has 1 aliphatic heterocycles. The third-order valence-electron chi connectivity index (χ3n) is 4.39. The van der Waals surface area contributed by atoms with Gasteiger partial charge in [-0.1, -0.05) is 48.5 Å². The molecule has 4 rings (SSSR count). The highest BCUT2D eigenvalue weighted by Crippen LogP contribution is 2.41. The molecule has 0 fully saturated rings. The first-order valence-corrected chi connectivity index (χ1v) is 8.61. The van der Waals surface area contributed by atoms with E-state index in [1.165, 1.54) is 6.33 Å². The molecule has 2 aromatic carbocycles. The number of hydrogen-bond donors (Lipinski definition) is 2. The van der Waals surface area contributed by atoms with Gasteiger partial charge in [0.1, 0.15) is 18.1 Å². The average Bonchev–Trinajstić information content (AvgIpc) is 3.16. The summed E-state index contributed by atoms with van der Waals surface area (Å²) in [6.45, 7) is 1.99. The van der Waals surface area contributed by atoms with E-state index in [1.54, 1.807) is 35.9 Å². The number of para-hydroxylation sites is 1. The summed E-state index contributed by atoms with van der Waals surface area (Å²) >= 11 is 0. The van der Waals surface area contributed by atoms with E-state index in [0.29, 0.717) is 22.8 Å². The van der Waals surface area contributed by atoms with Gasteiger partial charge in [-0.3, -0.25) is 0 Å². The normalized spacial score (nSPS) is 15.8. The first-order valence-electron chi connectivity index (χ1n) is 8.61. The van der Waals surface area contributed by atoms with Crippen molar-refractivity contribution in [2.75, 3.05) is 11.9 Å². The predicted octanol–water partition coefficient (Wildman–Crippen LogP) is 2.97. The van der Waals surface area contributed by atoms with E-state index in [2.05, 4.69) is 15.4 Å². The number of nitrogens with zero attached hydrogens (tertiary/aromatic N) is 3. The Labute approximate surface area is 155 Å². The number of phenols is 1. The molecular formula is C20H18N4O3. The van der Waals surface area contributed by atoms with Gasteiger partial charge in [0.15, 0.2) is 0 Å². The molecule has 7 heteroatoms. The summed E-state index contributed by atoms with van der Waals surface area (Å²) in [5, 5.41) is 17.9. The minimum atomic E-state index is -0.667. The van der Waals surface area contributed by atoms with Crippen LogP contribution in [0.25, 0.3) is 5.70 Å². The summed E-state index contributed by atoms with van der Waals surface area (Å²) in [6.07, 6.45) is 1.41. The van der Waals surface area contributed by atoms with Crippen LogP contribution in [0.3, 0.4) is 0 Å². The Balaban J connectivity index is 1.99. The second kappa shape index (κ2) is 6.95. The fraction of sp³-hybridized carbons (Fsp3) is 0.150. The number of esters is 1. The molecule has 0 amide bonds. The van der Waals surface area contributed by atoms with E-state index >= 15 is 0 Å². The highest BCUT2D eigenvalue weighted by Gasteiger charge is 2.37. The second-order valence-corrected chi connectivity index (χ2v) is 5.99. The zero-order valence-electron chi connectivity index (χ0n) is 14.7. The van der Waals surface area contributed by atoms with Crippen LogP contribution in [-0.4, -0.2) is 32.4 Å². The van der Waals surface area contributed by atoms with Crippen molar-refractivity contribution >= 4 is 17.6 Å². The highest BCUT2D eigenvalue weighted by atomic mass is 16.5. The Bertz CT molecular complexity index is 1010. The first kappa shape index (κ1) is 16.8. The van der Waals surface area contributed by atoms with Gasteiger partial charge in [0.2, 0.25) is 5.95 Å². The number of aromatic hydroxyl groups is 1. The number of aromatic nitrogens is 3. The first-order chi connectivity index (χ1) is 13.2. The molecule has 27 heavy (non-hydrogen) atoms. The molecule has 0 aliphatic carbocycles. The summed E-state index contributed by atoms with van der Waals surface area (Å²) in [7, 11) is 0. The number of rotatable bonds is 4. The largest absolute Gasteiger partial charge is 0.508 e. The minimum Gasteiger partial charge on any atom is -0.508 e. The van der Waals surface area contributed by atoms with Gasteiger partial charge < -0.3 is 15.2 Å². The molecule has 1 aliphatic rings. The van der Waals surface area contributed by atoms with Gasteiger partial charge in [0.25, 0.3) is 0 Å². The molecule has 0 bridgehead atoms. The summed E-state index contributed by atoms with van der Waals surface area (Å²) in [5.74, 6) is 0.0773. The zero-order chi connectivity index (χ0) is 18.8. The summed E-state index contributed by atoms with van der Waals surface area (Å²) in [5.41, 5.74) is 2.31. The van der Waals surface area contributed by atoms with Crippen LogP contribution >= 0.6 is 0 Å². The van der Waals surface area contributed by atoms with E-state index < -0.39 is 12.0 Å². The molecule has 0 spiro atoms. The molecule has 2 heterocycles. The lowest BCUT2D eigenvalue weighted by atomic mass is 9.92. The second-order valence-electron chi connectivity index (χ2n) is 5.99. The average molecular weight is 362 g/mol. The van der Waals surface area contributed by atoms with Gasteiger partial charge in [0, 0.05) is 5.56 Å². The number of nitrogens with one attached hydrogen (secondary N) is 1. The summed E-state index contributed by atoms with van der Waals surface area (Å²) in [4.78, 5) is 17.2. The maximum Gasteiger partial charge on any atom is 0.338 e. The minimum absolute atomic E-state index is 0.0695. The molecule has 1 atom stereocenters. The molecule has 0 saturated heterocycles. The number of phenolic OH excluding ortho intramolecular Hbond substituents is 1. The van der Waals surface area contributed by atoms with Crippen LogP contribution in [0, 0.1) is 0 Å². The van der Waals surface area contributed by atoms with Crippen molar-refractivity contribution in [3.63, 3.8) is 0 Å². The summed E-state index contributed by atoms with van der Waals surface area (Å²) in [6, 6.07) is 15.7. The number of carbonyl (C=O) groups is 1. The molecule has 1 aromatic heterocycles. The van der Waals surface area contributed by atoms with Crippen LogP contribution in [0.4, 0.5) is 5.95 Å². The lowest BCUT2D eigenvalue weighted by Gasteiger charge is -2.29. The lowest BCUT2D eigenvalue weighted by Crippen LogP contribution is -2.30. The van der Waals surface area contributed by atoms with E-state index in [-0.39, 0.29) is 12.4 Å². The Kier molecular flexibility index (Phi) is 4.33. The van der Waals surface area contributed by atoms with Crippen molar-refractivity contribution in [1.82, 2.24) is 14.8 Å². The van der Waals surface area contributed by atoms with Crippen LogP contribution in [0.2, 0.25) is 0 Å². The molecule has 7 nitrogen and oxygen atoms in total. The van der Waals surface area contributed by atoms with Crippen LogP contribution < -0.4 is 5.32 Å². The van der Waals surface area contributed by atoms with E-state index in [9.17, 15) is 9.90 Å². The number of carbonyl (C=O) groups excluding carboxylic acids is 1. The third kappa shape index (κ3) is 2.93. The monoisotopic (exact) mass is 362 g/mol. The maximum atomic E-state index is 12.9. The number of benzene rings is 2. The highest BCUT2D eigenvalue weighted by molar-refractivity contribution is 6.02. The maximum absolute atomic E-state index is 12.9. The molecule has 0 unspecified atom stereocenters. The standard InChI is InChI=1S/C20H18N4O3/c1-2-27-19(26)16-17(13-8-4-3-5-9-13)23-20-21-12-22-24(20)18(16)14-10-6-7-11-15(14)25/h3-12,18,25H,2H2,1H3,(H,21,22,23)/t18-/m0/s1. The van der Waals surface area contributed by atoms with Gasteiger partial charge in [-0.25, -0.2) is 9.48 Å². The van der Waals surface area contributed by atoms with Gasteiger partial charge >= 0.3 is 5.97 Å². The van der Waals surface area contributed by atoms with E-state index in [4.69, 9.17) is 4.74 Å². The van der Waals surface area contributed by atoms with Gasteiger partial charge in [-0.05, 0) is 18.6 Å². The number of fused-ring (bicyclic) bond motifs is 1. The Morgan fingerprint density at radius 1 is 1.19 bits per heavy atom. The van der Waals surface area contributed by atoms with Crippen molar-refractivity contribution in [3.05, 3.63) is 77.6 Å². The number of ether oxygens (including phenoxy) is 1. The van der Waals surface area contributed by atoms with Crippen molar-refractivity contribution in [2.24, 2.45) is 0 Å². The van der Waals surface area contributed by atoms with Gasteiger partial charge in [0.05, 0.1) is 17.9 Å². The smallest absolute Gasteiger partial charge is 0.338 e. The topological polar surface area (TPSA) is 89.3 Å². The Hall–Kier alpha value is -3.61. The van der Waals surface area contributed by atoms with E-state index in [0.717, 1.165) is 5.56 Å². The lowest BCUT2D eigenvalue weighted by molar-refractivity contribution is -0.138. The van der Waals surface area contributed by atoms with Crippen LogP contribution in [0.1, 0.15) is 24.1 Å². The molecule has 0 radical (unpaired) electrons. The number of anilines is 1. The Morgan fingerprint density at radius 3 is 2.67 bits per heavy atom. The van der Waals surface area contributed by atoms with Crippen LogP contribution in [-0.2, 0) is 9.53 Å². The van der Waals surface area contributed by atoms with Crippen LogP contribution in [0.5, 0.6) is 5.75 Å². The SMILES string of the molecule is CCOC(=O)C1=C(c2ccccc2)Nc2ncnn2[C@H]1c1ccccc1O. The zero-order valence-corrected chi connectivity index (χ0v) is 14.7. The van der Waals surface area contributed by atoms with Crippen molar-refractivity contribution in [2.45, 2.75) is 13.0 Å². The van der Waals surface area contributed by atoms with Crippen molar-refractivity contribution in [3.8, 4) is 5.75 Å². The quantitative estimate of drug-likeness (QED) is 0.694. The number of hydrogen-bond acceptors (Lipinski definition) is 6. The van der Waals surface area contributed by atoms with Gasteiger partial charge in [-0.2, -0.15) is 10.1 Å². The van der Waals surface area contributed by atoms with Crippen molar-refractivity contribution < 1.29 is 14.6 Å². The fourth-order valence-electron chi connectivity index (χ4n) is 3.23. The summed E-state index contributed by atoms with van der Waals surface area (Å²) < 4.78 is 6.91. The fourth-order valence-corrected chi connectivity index (χ4v) is 3.23. The third-order valence-corrected chi connectivity index (χ3v) is 4.39.